The van der Waals surface area contributed by atoms with E-state index in [4.69, 9.17) is 0 Å². The highest BCUT2D eigenvalue weighted by Gasteiger charge is 2.34. The Balaban J connectivity index is 0.00000392. The van der Waals surface area contributed by atoms with Crippen LogP contribution in [-0.4, -0.2) is 61.6 Å². The third kappa shape index (κ3) is 10.2. The molecule has 28 heavy (non-hydrogen) atoms. The molecule has 2 rings (SSSR count). The van der Waals surface area contributed by atoms with Gasteiger partial charge in [-0.2, -0.15) is 13.2 Å². The maximum atomic E-state index is 12.5. The van der Waals surface area contributed by atoms with E-state index < -0.39 is 12.7 Å². The SMILES string of the molecule is CCNC(=NCC(C)Sc1ccccc1)NCC1CCN(CC(F)(F)F)C1.I. The number of thioether (sulfide) groups is 1. The van der Waals surface area contributed by atoms with Gasteiger partial charge in [-0.25, -0.2) is 0 Å². The molecular formula is C19H30F3IN4S. The monoisotopic (exact) mass is 530 g/mol. The van der Waals surface area contributed by atoms with E-state index in [-0.39, 0.29) is 29.9 Å². The minimum absolute atomic E-state index is 0. The van der Waals surface area contributed by atoms with Crippen molar-refractivity contribution < 1.29 is 13.2 Å². The summed E-state index contributed by atoms with van der Waals surface area (Å²) in [6, 6.07) is 10.2. The first kappa shape index (κ1) is 25.4. The van der Waals surface area contributed by atoms with Crippen molar-refractivity contribution in [3.8, 4) is 0 Å². The molecule has 0 spiro atoms. The molecule has 0 amide bonds. The standard InChI is InChI=1S/C19H29F3N4S.HI/c1-3-23-18(24-11-15(2)27-17-7-5-4-6-8-17)25-12-16-9-10-26(13-16)14-19(20,21)22;/h4-8,15-16H,3,9-14H2,1-2H3,(H2,23,24,25);1H. The molecule has 1 heterocycles. The van der Waals surface area contributed by atoms with Crippen LogP contribution in [0.4, 0.5) is 13.2 Å². The van der Waals surface area contributed by atoms with Crippen LogP contribution in [0.3, 0.4) is 0 Å². The predicted molar refractivity (Wildman–Crippen MR) is 122 cm³/mol. The number of aliphatic imine (C=N–C) groups is 1. The van der Waals surface area contributed by atoms with E-state index in [0.717, 1.165) is 18.9 Å². The predicted octanol–water partition coefficient (Wildman–Crippen LogP) is 4.22. The zero-order valence-electron chi connectivity index (χ0n) is 16.3. The molecule has 2 N–H and O–H groups in total. The van der Waals surface area contributed by atoms with Crippen molar-refractivity contribution in [1.29, 1.82) is 0 Å². The average Bonchev–Trinajstić information content (AvgIpc) is 3.03. The molecule has 4 nitrogen and oxygen atoms in total. The molecule has 0 aromatic heterocycles. The highest BCUT2D eigenvalue weighted by atomic mass is 127. The van der Waals surface area contributed by atoms with Gasteiger partial charge in [0.25, 0.3) is 0 Å². The largest absolute Gasteiger partial charge is 0.401 e. The molecule has 0 bridgehead atoms. The Bertz CT molecular complexity index is 586. The van der Waals surface area contributed by atoms with Crippen molar-refractivity contribution in [3.05, 3.63) is 30.3 Å². The van der Waals surface area contributed by atoms with E-state index in [2.05, 4.69) is 34.7 Å². The van der Waals surface area contributed by atoms with Crippen molar-refractivity contribution in [2.45, 2.75) is 36.6 Å². The van der Waals surface area contributed by atoms with Crippen LogP contribution < -0.4 is 10.6 Å². The van der Waals surface area contributed by atoms with E-state index in [0.29, 0.717) is 31.4 Å². The molecule has 0 saturated carbocycles. The van der Waals surface area contributed by atoms with Crippen molar-refractivity contribution in [2.75, 3.05) is 39.3 Å². The minimum atomic E-state index is -4.12. The smallest absolute Gasteiger partial charge is 0.357 e. The summed E-state index contributed by atoms with van der Waals surface area (Å²) in [5.74, 6) is 0.944. The fourth-order valence-corrected chi connectivity index (χ4v) is 3.98. The molecule has 1 fully saturated rings. The molecule has 160 valence electrons. The zero-order valence-corrected chi connectivity index (χ0v) is 19.5. The summed E-state index contributed by atoms with van der Waals surface area (Å²) in [4.78, 5) is 7.33. The van der Waals surface area contributed by atoms with E-state index >= 15 is 0 Å². The average molecular weight is 530 g/mol. The molecule has 2 unspecified atom stereocenters. The van der Waals surface area contributed by atoms with Gasteiger partial charge in [0.1, 0.15) is 0 Å². The van der Waals surface area contributed by atoms with Gasteiger partial charge in [0.15, 0.2) is 5.96 Å². The number of benzene rings is 1. The summed E-state index contributed by atoms with van der Waals surface area (Å²) in [6.45, 7) is 6.36. The van der Waals surface area contributed by atoms with Crippen molar-refractivity contribution in [2.24, 2.45) is 10.9 Å². The number of likely N-dealkylation sites (tertiary alicyclic amines) is 1. The van der Waals surface area contributed by atoms with E-state index in [1.54, 1.807) is 11.8 Å². The van der Waals surface area contributed by atoms with E-state index in [9.17, 15) is 13.2 Å². The summed E-state index contributed by atoms with van der Waals surface area (Å²) >= 11 is 1.78. The molecule has 1 aromatic carbocycles. The molecule has 0 aliphatic carbocycles. The van der Waals surface area contributed by atoms with Gasteiger partial charge in [0.2, 0.25) is 0 Å². The van der Waals surface area contributed by atoms with Gasteiger partial charge in [-0.3, -0.25) is 9.89 Å². The molecule has 1 aliphatic rings. The van der Waals surface area contributed by atoms with Crippen LogP contribution >= 0.6 is 35.7 Å². The first-order valence-electron chi connectivity index (χ1n) is 9.38. The Labute approximate surface area is 187 Å². The number of alkyl halides is 3. The fourth-order valence-electron chi connectivity index (χ4n) is 3.05. The van der Waals surface area contributed by atoms with Gasteiger partial charge in [0.05, 0.1) is 13.1 Å². The number of hydrogen-bond acceptors (Lipinski definition) is 3. The van der Waals surface area contributed by atoms with E-state index in [1.807, 2.05) is 25.1 Å². The van der Waals surface area contributed by atoms with Crippen molar-refractivity contribution in [1.82, 2.24) is 15.5 Å². The summed E-state index contributed by atoms with van der Waals surface area (Å²) in [5.41, 5.74) is 0. The second-order valence-electron chi connectivity index (χ2n) is 6.85. The summed E-state index contributed by atoms with van der Waals surface area (Å²) in [6.07, 6.45) is -3.34. The summed E-state index contributed by atoms with van der Waals surface area (Å²) in [7, 11) is 0. The Morgan fingerprint density at radius 1 is 1.29 bits per heavy atom. The molecular weight excluding hydrogens is 500 g/mol. The van der Waals surface area contributed by atoms with Crippen LogP contribution in [-0.2, 0) is 0 Å². The molecule has 0 radical (unpaired) electrons. The lowest BCUT2D eigenvalue weighted by atomic mass is 10.1. The van der Waals surface area contributed by atoms with Crippen LogP contribution in [0.1, 0.15) is 20.3 Å². The second-order valence-corrected chi connectivity index (χ2v) is 8.36. The number of guanidine groups is 1. The fraction of sp³-hybridized carbons (Fsp3) is 0.632. The van der Waals surface area contributed by atoms with Crippen molar-refractivity contribution in [3.63, 3.8) is 0 Å². The third-order valence-corrected chi connectivity index (χ3v) is 5.36. The Morgan fingerprint density at radius 3 is 2.64 bits per heavy atom. The van der Waals surface area contributed by atoms with Crippen LogP contribution in [0.2, 0.25) is 0 Å². The lowest BCUT2D eigenvalue weighted by Crippen LogP contribution is -2.41. The molecule has 2 atom stereocenters. The maximum Gasteiger partial charge on any atom is 0.401 e. The van der Waals surface area contributed by atoms with Crippen LogP contribution in [0.5, 0.6) is 0 Å². The molecule has 1 aromatic rings. The maximum absolute atomic E-state index is 12.5. The lowest BCUT2D eigenvalue weighted by Gasteiger charge is -2.19. The number of rotatable bonds is 8. The highest BCUT2D eigenvalue weighted by Crippen LogP contribution is 2.23. The van der Waals surface area contributed by atoms with Gasteiger partial charge < -0.3 is 10.6 Å². The van der Waals surface area contributed by atoms with Gasteiger partial charge in [-0.15, -0.1) is 35.7 Å². The van der Waals surface area contributed by atoms with Gasteiger partial charge in [0, 0.05) is 29.8 Å². The zero-order chi connectivity index (χ0) is 19.7. The molecule has 1 saturated heterocycles. The van der Waals surface area contributed by atoms with Gasteiger partial charge >= 0.3 is 6.18 Å². The van der Waals surface area contributed by atoms with E-state index in [1.165, 1.54) is 9.80 Å². The first-order chi connectivity index (χ1) is 12.9. The third-order valence-electron chi connectivity index (χ3n) is 4.26. The Kier molecular flexibility index (Phi) is 11.6. The van der Waals surface area contributed by atoms with Crippen LogP contribution in [0.15, 0.2) is 40.2 Å². The quantitative estimate of drug-likeness (QED) is 0.229. The lowest BCUT2D eigenvalue weighted by molar-refractivity contribution is -0.143. The van der Waals surface area contributed by atoms with Crippen molar-refractivity contribution >= 4 is 41.7 Å². The molecule has 1 aliphatic heterocycles. The first-order valence-corrected chi connectivity index (χ1v) is 10.3. The summed E-state index contributed by atoms with van der Waals surface area (Å²) in [5, 5.41) is 6.83. The van der Waals surface area contributed by atoms with Crippen LogP contribution in [0.25, 0.3) is 0 Å². The number of hydrogen-bond donors (Lipinski definition) is 2. The second kappa shape index (κ2) is 12.8. The van der Waals surface area contributed by atoms with Gasteiger partial charge in [-0.05, 0) is 37.9 Å². The normalized spacial score (nSPS) is 19.2. The van der Waals surface area contributed by atoms with Gasteiger partial charge in [-0.1, -0.05) is 25.1 Å². The Morgan fingerprint density at radius 2 is 2.00 bits per heavy atom. The summed E-state index contributed by atoms with van der Waals surface area (Å²) < 4.78 is 37.5. The number of nitrogens with one attached hydrogen (secondary N) is 2. The van der Waals surface area contributed by atoms with Crippen LogP contribution in [0, 0.1) is 5.92 Å². The number of halogens is 4. The minimum Gasteiger partial charge on any atom is -0.357 e. The Hall–Kier alpha value is -0.680. The highest BCUT2D eigenvalue weighted by molar-refractivity contribution is 14.0. The number of nitrogens with zero attached hydrogens (tertiary/aromatic N) is 2. The molecule has 9 heteroatoms. The topological polar surface area (TPSA) is 39.7 Å².